The van der Waals surface area contributed by atoms with Crippen LogP contribution in [0.25, 0.3) is 0 Å². The normalized spacial score (nSPS) is 16.4. The van der Waals surface area contributed by atoms with Crippen molar-refractivity contribution in [2.45, 2.75) is 38.0 Å². The Kier molecular flexibility index (Phi) is 2.89. The zero-order valence-electron chi connectivity index (χ0n) is 11.6. The number of nitrogens with zero attached hydrogens (tertiary/aromatic N) is 1. The van der Waals surface area contributed by atoms with Crippen LogP contribution >= 0.6 is 0 Å². The molecule has 0 radical (unpaired) electrons. The second kappa shape index (κ2) is 4.47. The molecule has 4 heteroatoms. The Hall–Kier alpha value is -2.10. The summed E-state index contributed by atoms with van der Waals surface area (Å²) in [7, 11) is 0. The molecular weight excluding hydrogens is 254 g/mol. The first-order chi connectivity index (χ1) is 9.54. The summed E-state index contributed by atoms with van der Waals surface area (Å²) in [6.07, 6.45) is 1.91. The van der Waals surface area contributed by atoms with E-state index in [4.69, 9.17) is 4.42 Å². The summed E-state index contributed by atoms with van der Waals surface area (Å²) in [5.74, 6) is -0.483. The van der Waals surface area contributed by atoms with Gasteiger partial charge < -0.3 is 9.52 Å². The maximum absolute atomic E-state index is 11.3. The molecule has 0 saturated heterocycles. The molecule has 0 unspecified atom stereocenters. The lowest BCUT2D eigenvalue weighted by molar-refractivity contribution is 0.0657. The highest BCUT2D eigenvalue weighted by Crippen LogP contribution is 2.53. The van der Waals surface area contributed by atoms with Crippen LogP contribution in [0, 0.1) is 0 Å². The summed E-state index contributed by atoms with van der Waals surface area (Å²) in [6.45, 7) is 3.85. The number of hydrogen-bond acceptors (Lipinski definition) is 3. The number of aromatic nitrogens is 1. The van der Waals surface area contributed by atoms with Gasteiger partial charge in [0.1, 0.15) is 0 Å². The molecule has 1 heterocycles. The van der Waals surface area contributed by atoms with Crippen molar-refractivity contribution in [3.63, 3.8) is 0 Å². The van der Waals surface area contributed by atoms with Crippen molar-refractivity contribution in [1.29, 1.82) is 0 Å². The molecular formula is C16H17NO3. The third-order valence-electron chi connectivity index (χ3n) is 3.88. The van der Waals surface area contributed by atoms with Crippen LogP contribution in [0.1, 0.15) is 60.3 Å². The van der Waals surface area contributed by atoms with E-state index in [0.29, 0.717) is 11.6 Å². The van der Waals surface area contributed by atoms with Crippen LogP contribution in [0.5, 0.6) is 0 Å². The highest BCUT2D eigenvalue weighted by Gasteiger charge is 2.51. The van der Waals surface area contributed by atoms with Gasteiger partial charge >= 0.3 is 5.97 Å². The number of rotatable bonds is 4. The average molecular weight is 271 g/mol. The number of aromatic carboxylic acids is 1. The van der Waals surface area contributed by atoms with Gasteiger partial charge in [-0.15, -0.1) is 0 Å². The molecule has 20 heavy (non-hydrogen) atoms. The minimum atomic E-state index is -1.05. The summed E-state index contributed by atoms with van der Waals surface area (Å²) in [4.78, 5) is 15.8. The van der Waals surface area contributed by atoms with Crippen molar-refractivity contribution in [1.82, 2.24) is 4.98 Å². The van der Waals surface area contributed by atoms with Gasteiger partial charge in [-0.05, 0) is 24.3 Å². The standard InChI is InChI=1S/C16H17NO3/c1-10(2)12-13(14(18)19)20-15(17-12)16(8-9-16)11-6-4-3-5-7-11/h3-7,10H,8-9H2,1-2H3,(H,18,19). The molecule has 0 amide bonds. The van der Waals surface area contributed by atoms with Crippen molar-refractivity contribution in [2.24, 2.45) is 0 Å². The average Bonchev–Trinajstić information content (AvgIpc) is 3.11. The summed E-state index contributed by atoms with van der Waals surface area (Å²) in [6, 6.07) is 10.0. The van der Waals surface area contributed by atoms with Gasteiger partial charge in [-0.3, -0.25) is 0 Å². The van der Waals surface area contributed by atoms with Crippen molar-refractivity contribution < 1.29 is 14.3 Å². The van der Waals surface area contributed by atoms with E-state index in [2.05, 4.69) is 4.98 Å². The van der Waals surface area contributed by atoms with E-state index in [-0.39, 0.29) is 17.1 Å². The van der Waals surface area contributed by atoms with Crippen LogP contribution in [0.2, 0.25) is 0 Å². The van der Waals surface area contributed by atoms with Crippen LogP contribution in [-0.2, 0) is 5.41 Å². The van der Waals surface area contributed by atoms with Gasteiger partial charge in [0.2, 0.25) is 11.7 Å². The van der Waals surface area contributed by atoms with Gasteiger partial charge in [0.15, 0.2) is 0 Å². The van der Waals surface area contributed by atoms with E-state index < -0.39 is 5.97 Å². The molecule has 1 aliphatic rings. The third kappa shape index (κ3) is 1.92. The fourth-order valence-corrected chi connectivity index (χ4v) is 2.59. The highest BCUT2D eigenvalue weighted by molar-refractivity contribution is 5.85. The molecule has 0 aliphatic heterocycles. The number of oxazole rings is 1. The van der Waals surface area contributed by atoms with Crippen LogP contribution in [-0.4, -0.2) is 16.1 Å². The minimum Gasteiger partial charge on any atom is -0.475 e. The number of benzene rings is 1. The van der Waals surface area contributed by atoms with Gasteiger partial charge in [0, 0.05) is 0 Å². The molecule has 1 aliphatic carbocycles. The van der Waals surface area contributed by atoms with E-state index in [1.165, 1.54) is 0 Å². The third-order valence-corrected chi connectivity index (χ3v) is 3.88. The smallest absolute Gasteiger partial charge is 0.373 e. The molecule has 104 valence electrons. The molecule has 1 aromatic carbocycles. The Morgan fingerprint density at radius 1 is 1.30 bits per heavy atom. The Balaban J connectivity index is 2.08. The van der Waals surface area contributed by atoms with Crippen molar-refractivity contribution >= 4 is 5.97 Å². The predicted molar refractivity (Wildman–Crippen MR) is 74.0 cm³/mol. The Morgan fingerprint density at radius 2 is 1.95 bits per heavy atom. The minimum absolute atomic E-state index is 0.0165. The number of carbonyl (C=O) groups is 1. The fourth-order valence-electron chi connectivity index (χ4n) is 2.59. The van der Waals surface area contributed by atoms with Gasteiger partial charge in [-0.1, -0.05) is 44.2 Å². The predicted octanol–water partition coefficient (Wildman–Crippen LogP) is 3.58. The molecule has 0 spiro atoms. The van der Waals surface area contributed by atoms with Crippen LogP contribution in [0.4, 0.5) is 0 Å². The molecule has 2 aromatic rings. The second-order valence-corrected chi connectivity index (χ2v) is 5.64. The molecule has 0 bridgehead atoms. The Morgan fingerprint density at radius 3 is 2.40 bits per heavy atom. The van der Waals surface area contributed by atoms with E-state index in [1.807, 2.05) is 44.2 Å². The van der Waals surface area contributed by atoms with Crippen molar-refractivity contribution in [3.8, 4) is 0 Å². The van der Waals surface area contributed by atoms with Gasteiger partial charge in [0.05, 0.1) is 11.1 Å². The van der Waals surface area contributed by atoms with Gasteiger partial charge in [-0.25, -0.2) is 9.78 Å². The van der Waals surface area contributed by atoms with Crippen LogP contribution in [0.15, 0.2) is 34.7 Å². The van der Waals surface area contributed by atoms with E-state index in [0.717, 1.165) is 18.4 Å². The van der Waals surface area contributed by atoms with Crippen LogP contribution in [0.3, 0.4) is 0 Å². The topological polar surface area (TPSA) is 63.3 Å². The second-order valence-electron chi connectivity index (χ2n) is 5.64. The lowest BCUT2D eigenvalue weighted by atomic mass is 9.96. The highest BCUT2D eigenvalue weighted by atomic mass is 16.4. The SMILES string of the molecule is CC(C)c1nc(C2(c3ccccc3)CC2)oc1C(=O)O. The maximum Gasteiger partial charge on any atom is 0.373 e. The zero-order valence-corrected chi connectivity index (χ0v) is 11.6. The van der Waals surface area contributed by atoms with Gasteiger partial charge in [-0.2, -0.15) is 0 Å². The fraction of sp³-hybridized carbons (Fsp3) is 0.375. The quantitative estimate of drug-likeness (QED) is 0.923. The van der Waals surface area contributed by atoms with Crippen molar-refractivity contribution in [2.75, 3.05) is 0 Å². The monoisotopic (exact) mass is 271 g/mol. The molecule has 1 fully saturated rings. The molecule has 1 saturated carbocycles. The molecule has 3 rings (SSSR count). The lowest BCUT2D eigenvalue weighted by Crippen LogP contribution is -2.09. The molecule has 1 aromatic heterocycles. The summed E-state index contributed by atoms with van der Waals surface area (Å²) < 4.78 is 5.61. The number of carboxylic acids is 1. The first-order valence-corrected chi connectivity index (χ1v) is 6.84. The molecule has 0 atom stereocenters. The van der Waals surface area contributed by atoms with E-state index in [1.54, 1.807) is 0 Å². The largest absolute Gasteiger partial charge is 0.475 e. The molecule has 4 nitrogen and oxygen atoms in total. The molecule has 1 N–H and O–H groups in total. The van der Waals surface area contributed by atoms with E-state index >= 15 is 0 Å². The lowest BCUT2D eigenvalue weighted by Gasteiger charge is -2.10. The number of hydrogen-bond donors (Lipinski definition) is 1. The Labute approximate surface area is 117 Å². The van der Waals surface area contributed by atoms with Crippen LogP contribution < -0.4 is 0 Å². The summed E-state index contributed by atoms with van der Waals surface area (Å²) >= 11 is 0. The summed E-state index contributed by atoms with van der Waals surface area (Å²) in [5, 5.41) is 9.25. The van der Waals surface area contributed by atoms with E-state index in [9.17, 15) is 9.90 Å². The first-order valence-electron chi connectivity index (χ1n) is 6.84. The maximum atomic E-state index is 11.3. The zero-order chi connectivity index (χ0) is 14.3. The van der Waals surface area contributed by atoms with Crippen molar-refractivity contribution in [3.05, 3.63) is 53.2 Å². The van der Waals surface area contributed by atoms with Gasteiger partial charge in [0.25, 0.3) is 0 Å². The first kappa shape index (κ1) is 12.9. The Bertz CT molecular complexity index is 639. The summed E-state index contributed by atoms with van der Waals surface area (Å²) in [5.41, 5.74) is 1.46. The number of carboxylic acid groups (broad SMARTS) is 1.